The number of hydrogen-bond donors (Lipinski definition) is 2. The first-order chi connectivity index (χ1) is 16.2. The van der Waals surface area contributed by atoms with Crippen LogP contribution in [-0.2, 0) is 0 Å². The van der Waals surface area contributed by atoms with Gasteiger partial charge in [-0.25, -0.2) is 19.3 Å². The van der Waals surface area contributed by atoms with Crippen molar-refractivity contribution in [3.63, 3.8) is 0 Å². The molecule has 8 heteroatoms. The maximum absolute atomic E-state index is 14.0. The van der Waals surface area contributed by atoms with Gasteiger partial charge in [0.1, 0.15) is 5.82 Å². The molecule has 6 nitrogen and oxygen atoms in total. The molecular weight excluding hydrogens is 435 g/mol. The summed E-state index contributed by atoms with van der Waals surface area (Å²) >= 11 is 1.59. The van der Waals surface area contributed by atoms with Crippen molar-refractivity contribution in [2.75, 3.05) is 36.4 Å². The summed E-state index contributed by atoms with van der Waals surface area (Å²) in [7, 11) is 0. The van der Waals surface area contributed by atoms with Crippen molar-refractivity contribution < 1.29 is 4.39 Å². The summed E-state index contributed by atoms with van der Waals surface area (Å²) in [5.74, 6) is 0.267. The van der Waals surface area contributed by atoms with Crippen LogP contribution in [0.3, 0.4) is 0 Å². The van der Waals surface area contributed by atoms with Crippen LogP contribution in [0.2, 0.25) is 0 Å². The van der Waals surface area contributed by atoms with E-state index in [4.69, 9.17) is 9.97 Å². The molecule has 33 heavy (non-hydrogen) atoms. The molecule has 1 aliphatic rings. The Bertz CT molecular complexity index is 1220. The van der Waals surface area contributed by atoms with Crippen LogP contribution in [0.4, 0.5) is 15.5 Å². The van der Waals surface area contributed by atoms with E-state index in [0.29, 0.717) is 5.95 Å². The average molecular weight is 461 g/mol. The largest absolute Gasteiger partial charge is 0.348 e. The lowest BCUT2D eigenvalue weighted by atomic mass is 10.1. The number of aromatic nitrogens is 3. The van der Waals surface area contributed by atoms with Gasteiger partial charge in [-0.2, -0.15) is 0 Å². The van der Waals surface area contributed by atoms with Gasteiger partial charge in [0.25, 0.3) is 0 Å². The SMILES string of the molecule is C[C@H](Nc1nccc(-c2sc(N3CCNCC3)nc2-c2cccc(F)c2)n1)c1ccccc1. The number of nitrogens with one attached hydrogen (secondary N) is 2. The highest BCUT2D eigenvalue weighted by Crippen LogP contribution is 2.40. The van der Waals surface area contributed by atoms with Crippen molar-refractivity contribution in [2.45, 2.75) is 13.0 Å². The lowest BCUT2D eigenvalue weighted by Gasteiger charge is -2.26. The molecular formula is C25H25FN6S. The molecule has 0 saturated carbocycles. The Morgan fingerprint density at radius 1 is 1.03 bits per heavy atom. The van der Waals surface area contributed by atoms with E-state index in [0.717, 1.165) is 58.7 Å². The number of anilines is 2. The molecule has 2 N–H and O–H groups in total. The van der Waals surface area contributed by atoms with E-state index in [1.807, 2.05) is 30.3 Å². The Labute approximate surface area is 196 Å². The lowest BCUT2D eigenvalue weighted by Crippen LogP contribution is -2.43. The smallest absolute Gasteiger partial charge is 0.223 e. The summed E-state index contributed by atoms with van der Waals surface area (Å²) in [6.07, 6.45) is 1.75. The molecule has 1 atom stereocenters. The van der Waals surface area contributed by atoms with E-state index >= 15 is 0 Å². The van der Waals surface area contributed by atoms with Gasteiger partial charge in [0.15, 0.2) is 5.13 Å². The molecule has 1 saturated heterocycles. The highest BCUT2D eigenvalue weighted by molar-refractivity contribution is 7.19. The van der Waals surface area contributed by atoms with Gasteiger partial charge in [0, 0.05) is 37.9 Å². The van der Waals surface area contributed by atoms with Gasteiger partial charge < -0.3 is 15.5 Å². The zero-order valence-corrected chi connectivity index (χ0v) is 19.1. The van der Waals surface area contributed by atoms with Gasteiger partial charge in [-0.1, -0.05) is 53.8 Å². The van der Waals surface area contributed by atoms with E-state index < -0.39 is 0 Å². The van der Waals surface area contributed by atoms with Crippen molar-refractivity contribution >= 4 is 22.4 Å². The quantitative estimate of drug-likeness (QED) is 0.423. The van der Waals surface area contributed by atoms with Crippen LogP contribution in [0.1, 0.15) is 18.5 Å². The Balaban J connectivity index is 1.51. The zero-order chi connectivity index (χ0) is 22.6. The molecule has 0 bridgehead atoms. The minimum Gasteiger partial charge on any atom is -0.348 e. The standard InChI is InChI=1S/C25H25FN6S/c1-17(18-6-3-2-4-7-18)29-24-28-11-10-21(30-24)23-22(19-8-5-9-20(26)16-19)31-25(33-23)32-14-12-27-13-15-32/h2-11,16-17,27H,12-15H2,1H3,(H,28,29,30)/t17-/m0/s1. The monoisotopic (exact) mass is 460 g/mol. The number of piperazine rings is 1. The Kier molecular flexibility index (Phi) is 6.28. The summed E-state index contributed by atoms with van der Waals surface area (Å²) in [6.45, 7) is 5.70. The highest BCUT2D eigenvalue weighted by atomic mass is 32.1. The van der Waals surface area contributed by atoms with Gasteiger partial charge in [-0.15, -0.1) is 0 Å². The number of thiazole rings is 1. The first-order valence-corrected chi connectivity index (χ1v) is 11.9. The van der Waals surface area contributed by atoms with Crippen LogP contribution in [0.25, 0.3) is 21.8 Å². The molecule has 0 radical (unpaired) electrons. The molecule has 1 aliphatic heterocycles. The molecule has 0 amide bonds. The topological polar surface area (TPSA) is 66.0 Å². The van der Waals surface area contributed by atoms with Gasteiger partial charge in [0.05, 0.1) is 22.3 Å². The van der Waals surface area contributed by atoms with Crippen molar-refractivity contribution in [3.8, 4) is 21.8 Å². The Morgan fingerprint density at radius 3 is 2.64 bits per heavy atom. The second-order valence-corrected chi connectivity index (χ2v) is 8.94. The molecule has 0 spiro atoms. The molecule has 3 heterocycles. The molecule has 0 unspecified atom stereocenters. The van der Waals surface area contributed by atoms with Crippen LogP contribution < -0.4 is 15.5 Å². The maximum atomic E-state index is 14.0. The predicted octanol–water partition coefficient (Wildman–Crippen LogP) is 4.99. The second-order valence-electron chi connectivity index (χ2n) is 7.96. The van der Waals surface area contributed by atoms with Gasteiger partial charge in [-0.3, -0.25) is 0 Å². The first-order valence-electron chi connectivity index (χ1n) is 11.0. The van der Waals surface area contributed by atoms with E-state index in [2.05, 4.69) is 39.6 Å². The predicted molar refractivity (Wildman–Crippen MR) is 132 cm³/mol. The normalized spacial score (nSPS) is 14.8. The third-order valence-corrected chi connectivity index (χ3v) is 6.77. The van der Waals surface area contributed by atoms with E-state index in [9.17, 15) is 4.39 Å². The molecule has 2 aromatic heterocycles. The molecule has 0 aliphatic carbocycles. The summed E-state index contributed by atoms with van der Waals surface area (Å²) in [6, 6.07) is 18.7. The number of benzene rings is 2. The summed E-state index contributed by atoms with van der Waals surface area (Å²) in [5.41, 5.74) is 3.42. The fourth-order valence-corrected chi connectivity index (χ4v) is 4.99. The molecule has 1 fully saturated rings. The fourth-order valence-electron chi connectivity index (χ4n) is 3.88. The number of nitrogens with zero attached hydrogens (tertiary/aromatic N) is 4. The number of rotatable bonds is 6. The third kappa shape index (κ3) is 4.86. The lowest BCUT2D eigenvalue weighted by molar-refractivity contribution is 0.588. The summed E-state index contributed by atoms with van der Waals surface area (Å²) < 4.78 is 14.0. The molecule has 2 aromatic carbocycles. The van der Waals surface area contributed by atoms with Crippen LogP contribution in [0.15, 0.2) is 66.9 Å². The minimum atomic E-state index is -0.281. The third-order valence-electron chi connectivity index (χ3n) is 5.63. The van der Waals surface area contributed by atoms with Crippen LogP contribution >= 0.6 is 11.3 Å². The molecule has 4 aromatic rings. The zero-order valence-electron chi connectivity index (χ0n) is 18.3. The molecule has 5 rings (SSSR count). The van der Waals surface area contributed by atoms with E-state index in [1.54, 1.807) is 23.6 Å². The van der Waals surface area contributed by atoms with Crippen molar-refractivity contribution in [3.05, 3.63) is 78.2 Å². The van der Waals surface area contributed by atoms with Gasteiger partial charge >= 0.3 is 0 Å². The number of hydrogen-bond acceptors (Lipinski definition) is 7. The van der Waals surface area contributed by atoms with Crippen molar-refractivity contribution in [2.24, 2.45) is 0 Å². The van der Waals surface area contributed by atoms with Gasteiger partial charge in [0.2, 0.25) is 5.95 Å². The van der Waals surface area contributed by atoms with Crippen molar-refractivity contribution in [1.82, 2.24) is 20.3 Å². The first kappa shape index (κ1) is 21.5. The number of halogens is 1. The summed E-state index contributed by atoms with van der Waals surface area (Å²) in [5, 5.41) is 7.69. The van der Waals surface area contributed by atoms with Crippen LogP contribution in [-0.4, -0.2) is 41.1 Å². The van der Waals surface area contributed by atoms with Gasteiger partial charge in [-0.05, 0) is 30.7 Å². The van der Waals surface area contributed by atoms with Crippen LogP contribution in [0, 0.1) is 5.82 Å². The molecule has 168 valence electrons. The maximum Gasteiger partial charge on any atom is 0.223 e. The fraction of sp³-hybridized carbons (Fsp3) is 0.240. The second kappa shape index (κ2) is 9.64. The van der Waals surface area contributed by atoms with Crippen LogP contribution in [0.5, 0.6) is 0 Å². The summed E-state index contributed by atoms with van der Waals surface area (Å²) in [4.78, 5) is 17.3. The van der Waals surface area contributed by atoms with E-state index in [1.165, 1.54) is 12.1 Å². The average Bonchev–Trinajstić information content (AvgIpc) is 3.31. The van der Waals surface area contributed by atoms with E-state index in [-0.39, 0.29) is 11.9 Å². The van der Waals surface area contributed by atoms with Crippen molar-refractivity contribution in [1.29, 1.82) is 0 Å². The highest BCUT2D eigenvalue weighted by Gasteiger charge is 2.21. The minimum absolute atomic E-state index is 0.0574. The Hall–Kier alpha value is -3.36. The Morgan fingerprint density at radius 2 is 1.85 bits per heavy atom.